The van der Waals surface area contributed by atoms with Crippen molar-refractivity contribution >= 4 is 17.9 Å². The Morgan fingerprint density at radius 3 is 2.38 bits per heavy atom. The van der Waals surface area contributed by atoms with E-state index in [1.165, 1.54) is 0 Å². The molecule has 4 heteroatoms. The van der Waals surface area contributed by atoms with E-state index in [1.54, 1.807) is 6.92 Å². The average molecular weight is 325 g/mol. The van der Waals surface area contributed by atoms with Gasteiger partial charge >= 0.3 is 5.97 Å². The lowest BCUT2D eigenvalue weighted by molar-refractivity contribution is -0.146. The molecule has 126 valence electrons. The lowest BCUT2D eigenvalue weighted by Gasteiger charge is -2.23. The minimum atomic E-state index is -0.717. The molecule has 0 saturated heterocycles. The van der Waals surface area contributed by atoms with Crippen LogP contribution < -0.4 is 5.32 Å². The molecule has 2 unspecified atom stereocenters. The number of carbonyl (C=O) groups is 2. The van der Waals surface area contributed by atoms with Gasteiger partial charge in [0.05, 0.1) is 6.61 Å². The normalized spacial score (nSPS) is 12.9. The van der Waals surface area contributed by atoms with Crippen molar-refractivity contribution in [1.29, 1.82) is 0 Å². The number of aldehydes is 1. The van der Waals surface area contributed by atoms with Gasteiger partial charge in [0.1, 0.15) is 12.3 Å². The van der Waals surface area contributed by atoms with Crippen molar-refractivity contribution in [3.05, 3.63) is 65.7 Å². The molecule has 4 nitrogen and oxygen atoms in total. The first-order valence-electron chi connectivity index (χ1n) is 8.13. The van der Waals surface area contributed by atoms with Gasteiger partial charge in [-0.1, -0.05) is 48.0 Å². The largest absolute Gasteiger partial charge is 0.464 e. The second-order valence-corrected chi connectivity index (χ2v) is 5.73. The molecule has 0 fully saturated rings. The van der Waals surface area contributed by atoms with Crippen LogP contribution >= 0.6 is 0 Å². The second kappa shape index (κ2) is 8.87. The fourth-order valence-corrected chi connectivity index (χ4v) is 2.53. The summed E-state index contributed by atoms with van der Waals surface area (Å²) in [6, 6.07) is 16.6. The van der Waals surface area contributed by atoms with Crippen LogP contribution in [-0.2, 0) is 20.7 Å². The van der Waals surface area contributed by atoms with Crippen LogP contribution in [0.5, 0.6) is 0 Å². The Hall–Kier alpha value is -2.62. The van der Waals surface area contributed by atoms with Crippen molar-refractivity contribution in [2.75, 3.05) is 11.9 Å². The van der Waals surface area contributed by atoms with Crippen LogP contribution in [0.15, 0.2) is 54.6 Å². The van der Waals surface area contributed by atoms with Crippen LogP contribution in [0.2, 0.25) is 0 Å². The standard InChI is InChI=1S/C20H23NO3/c1-3-24-20(23)19(21-18-11-9-15(2)10-12-18)17(14-22)13-16-7-5-4-6-8-16/h4-12,14,17,19,21H,3,13H2,1-2H3. The number of nitrogens with one attached hydrogen (secondary N) is 1. The van der Waals surface area contributed by atoms with Crippen LogP contribution in [-0.4, -0.2) is 24.9 Å². The monoisotopic (exact) mass is 325 g/mol. The van der Waals surface area contributed by atoms with E-state index in [9.17, 15) is 9.59 Å². The molecule has 0 radical (unpaired) electrons. The molecule has 0 aliphatic carbocycles. The van der Waals surface area contributed by atoms with E-state index in [2.05, 4.69) is 5.32 Å². The molecule has 2 aromatic rings. The van der Waals surface area contributed by atoms with Gasteiger partial charge < -0.3 is 14.8 Å². The number of benzene rings is 2. The highest BCUT2D eigenvalue weighted by Crippen LogP contribution is 2.18. The second-order valence-electron chi connectivity index (χ2n) is 5.73. The van der Waals surface area contributed by atoms with E-state index >= 15 is 0 Å². The van der Waals surface area contributed by atoms with E-state index in [0.717, 1.165) is 23.1 Å². The minimum absolute atomic E-state index is 0.280. The molecule has 2 rings (SSSR count). The molecule has 2 atom stereocenters. The summed E-state index contributed by atoms with van der Waals surface area (Å²) in [5.41, 5.74) is 2.93. The van der Waals surface area contributed by atoms with Gasteiger partial charge in [-0.05, 0) is 38.0 Å². The van der Waals surface area contributed by atoms with Gasteiger partial charge in [0.2, 0.25) is 0 Å². The van der Waals surface area contributed by atoms with Crippen LogP contribution in [0.3, 0.4) is 0 Å². The first-order valence-corrected chi connectivity index (χ1v) is 8.13. The Morgan fingerprint density at radius 2 is 1.79 bits per heavy atom. The third kappa shape index (κ3) is 4.95. The minimum Gasteiger partial charge on any atom is -0.464 e. The van der Waals surface area contributed by atoms with Gasteiger partial charge in [-0.3, -0.25) is 0 Å². The number of ether oxygens (including phenoxy) is 1. The molecular formula is C20H23NO3. The van der Waals surface area contributed by atoms with E-state index in [-0.39, 0.29) is 6.61 Å². The van der Waals surface area contributed by atoms with E-state index in [4.69, 9.17) is 4.74 Å². The summed E-state index contributed by atoms with van der Waals surface area (Å²) in [5.74, 6) is -0.918. The number of aryl methyl sites for hydroxylation is 1. The highest BCUT2D eigenvalue weighted by Gasteiger charge is 2.29. The summed E-state index contributed by atoms with van der Waals surface area (Å²) in [7, 11) is 0. The summed E-state index contributed by atoms with van der Waals surface area (Å²) in [4.78, 5) is 24.0. The summed E-state index contributed by atoms with van der Waals surface area (Å²) in [6.45, 7) is 4.03. The van der Waals surface area contributed by atoms with Crippen LogP contribution in [0.1, 0.15) is 18.1 Å². The molecule has 0 amide bonds. The molecule has 0 aliphatic heterocycles. The van der Waals surface area contributed by atoms with Gasteiger partial charge in [-0.15, -0.1) is 0 Å². The van der Waals surface area contributed by atoms with E-state index in [1.807, 2.05) is 61.5 Å². The van der Waals surface area contributed by atoms with Crippen molar-refractivity contribution in [3.63, 3.8) is 0 Å². The van der Waals surface area contributed by atoms with Crippen molar-refractivity contribution in [2.24, 2.45) is 5.92 Å². The molecule has 1 N–H and O–H groups in total. The smallest absolute Gasteiger partial charge is 0.329 e. The van der Waals surface area contributed by atoms with Crippen molar-refractivity contribution < 1.29 is 14.3 Å². The number of hydrogen-bond donors (Lipinski definition) is 1. The fraction of sp³-hybridized carbons (Fsp3) is 0.300. The highest BCUT2D eigenvalue weighted by atomic mass is 16.5. The van der Waals surface area contributed by atoms with Crippen molar-refractivity contribution in [2.45, 2.75) is 26.3 Å². The zero-order chi connectivity index (χ0) is 17.4. The number of esters is 1. The number of carbonyl (C=O) groups excluding carboxylic acids is 2. The lowest BCUT2D eigenvalue weighted by Crippen LogP contribution is -2.40. The van der Waals surface area contributed by atoms with Gasteiger partial charge in [-0.2, -0.15) is 0 Å². The van der Waals surface area contributed by atoms with Crippen LogP contribution in [0.25, 0.3) is 0 Å². The molecule has 0 bridgehead atoms. The summed E-state index contributed by atoms with van der Waals surface area (Å²) < 4.78 is 5.16. The average Bonchev–Trinajstić information content (AvgIpc) is 2.60. The molecule has 0 aliphatic rings. The molecular weight excluding hydrogens is 302 g/mol. The summed E-state index contributed by atoms with van der Waals surface area (Å²) in [5, 5.41) is 3.16. The Labute approximate surface area is 142 Å². The number of rotatable bonds is 8. The van der Waals surface area contributed by atoms with Crippen LogP contribution in [0.4, 0.5) is 5.69 Å². The first-order chi connectivity index (χ1) is 11.6. The van der Waals surface area contributed by atoms with Gasteiger partial charge in [0.15, 0.2) is 0 Å². The van der Waals surface area contributed by atoms with Gasteiger partial charge in [-0.25, -0.2) is 4.79 Å². The zero-order valence-electron chi connectivity index (χ0n) is 14.1. The van der Waals surface area contributed by atoms with Crippen LogP contribution in [0, 0.1) is 12.8 Å². The predicted octanol–water partition coefficient (Wildman–Crippen LogP) is 3.40. The van der Waals surface area contributed by atoms with Gasteiger partial charge in [0.25, 0.3) is 0 Å². The molecule has 2 aromatic carbocycles. The molecule has 0 saturated carbocycles. The third-order valence-electron chi connectivity index (χ3n) is 3.83. The predicted molar refractivity (Wildman–Crippen MR) is 94.9 cm³/mol. The maximum Gasteiger partial charge on any atom is 0.329 e. The SMILES string of the molecule is CCOC(=O)C(Nc1ccc(C)cc1)C(C=O)Cc1ccccc1. The fourth-order valence-electron chi connectivity index (χ4n) is 2.53. The summed E-state index contributed by atoms with van der Waals surface area (Å²) in [6.07, 6.45) is 1.31. The molecule has 0 aromatic heterocycles. The van der Waals surface area contributed by atoms with Crippen molar-refractivity contribution in [1.82, 2.24) is 0 Å². The first kappa shape index (κ1) is 17.7. The lowest BCUT2D eigenvalue weighted by atomic mass is 9.93. The maximum atomic E-state index is 12.4. The maximum absolute atomic E-state index is 12.4. The van der Waals surface area contributed by atoms with E-state index in [0.29, 0.717) is 6.42 Å². The van der Waals surface area contributed by atoms with Gasteiger partial charge in [0, 0.05) is 11.6 Å². The molecule has 0 spiro atoms. The summed E-state index contributed by atoms with van der Waals surface area (Å²) >= 11 is 0. The van der Waals surface area contributed by atoms with Crippen molar-refractivity contribution in [3.8, 4) is 0 Å². The highest BCUT2D eigenvalue weighted by molar-refractivity contribution is 5.83. The molecule has 24 heavy (non-hydrogen) atoms. The Kier molecular flexibility index (Phi) is 6.55. The third-order valence-corrected chi connectivity index (χ3v) is 3.83. The topological polar surface area (TPSA) is 55.4 Å². The Balaban J connectivity index is 2.20. The number of anilines is 1. The number of hydrogen-bond acceptors (Lipinski definition) is 4. The zero-order valence-corrected chi connectivity index (χ0v) is 14.1. The molecule has 0 heterocycles. The Morgan fingerprint density at radius 1 is 1.12 bits per heavy atom. The quantitative estimate of drug-likeness (QED) is 0.597. The Bertz CT molecular complexity index is 652. The van der Waals surface area contributed by atoms with E-state index < -0.39 is 17.9 Å².